The molecule has 9 nitrogen and oxygen atoms in total. The molecule has 54 heavy (non-hydrogen) atoms. The van der Waals surface area contributed by atoms with Crippen molar-refractivity contribution in [3.8, 4) is 0 Å². The summed E-state index contributed by atoms with van der Waals surface area (Å²) in [5.41, 5.74) is 0. The molecule has 0 heterocycles. The van der Waals surface area contributed by atoms with Gasteiger partial charge in [-0.3, -0.25) is 13.8 Å². The van der Waals surface area contributed by atoms with Crippen molar-refractivity contribution >= 4 is 19.8 Å². The summed E-state index contributed by atoms with van der Waals surface area (Å²) in [6.45, 7) is 4.21. The van der Waals surface area contributed by atoms with Crippen LogP contribution in [0.15, 0.2) is 60.8 Å². The first-order chi connectivity index (χ1) is 26.0. The molecule has 0 aliphatic heterocycles. The van der Waals surface area contributed by atoms with Crippen LogP contribution in [-0.2, 0) is 32.7 Å². The van der Waals surface area contributed by atoms with Gasteiger partial charge in [0.15, 0.2) is 6.10 Å². The molecule has 0 aromatic rings. The number of phosphoric acid groups is 1. The quantitative estimate of drug-likeness (QED) is 0.0166. The van der Waals surface area contributed by atoms with Gasteiger partial charge in [0.1, 0.15) is 19.8 Å². The van der Waals surface area contributed by atoms with Gasteiger partial charge in [0, 0.05) is 12.5 Å². The summed E-state index contributed by atoms with van der Waals surface area (Å²) in [4.78, 5) is 35.1. The molecule has 0 saturated carbocycles. The first-order valence-electron chi connectivity index (χ1n) is 21.1. The number of quaternary nitrogens is 1. The van der Waals surface area contributed by atoms with Gasteiger partial charge >= 0.3 is 19.8 Å². The molecule has 0 rings (SSSR count). The molecule has 0 aromatic carbocycles. The van der Waals surface area contributed by atoms with E-state index in [9.17, 15) is 19.0 Å². The van der Waals surface area contributed by atoms with Crippen molar-refractivity contribution in [1.29, 1.82) is 0 Å². The number of phosphoric ester groups is 1. The van der Waals surface area contributed by atoms with E-state index in [0.29, 0.717) is 11.0 Å². The van der Waals surface area contributed by atoms with E-state index in [-0.39, 0.29) is 19.6 Å². The highest BCUT2D eigenvalue weighted by molar-refractivity contribution is 7.47. The molecule has 1 unspecified atom stereocenters. The van der Waals surface area contributed by atoms with Gasteiger partial charge in [0.2, 0.25) is 0 Å². The highest BCUT2D eigenvalue weighted by Gasteiger charge is 2.26. The minimum absolute atomic E-state index is 0.00512. The van der Waals surface area contributed by atoms with Crippen molar-refractivity contribution in [3.63, 3.8) is 0 Å². The zero-order chi connectivity index (χ0) is 40.0. The molecule has 0 aliphatic carbocycles. The zero-order valence-corrected chi connectivity index (χ0v) is 35.8. The second kappa shape index (κ2) is 36.4. The molecule has 1 N–H and O–H groups in total. The van der Waals surface area contributed by atoms with E-state index in [0.717, 1.165) is 25.7 Å². The van der Waals surface area contributed by atoms with Gasteiger partial charge in [-0.1, -0.05) is 184 Å². The maximum Gasteiger partial charge on any atom is 0.472 e. The fourth-order valence-electron chi connectivity index (χ4n) is 5.42. The summed E-state index contributed by atoms with van der Waals surface area (Å²) in [7, 11) is 1.39. The first-order valence-corrected chi connectivity index (χ1v) is 22.6. The summed E-state index contributed by atoms with van der Waals surface area (Å²) >= 11 is 0. The number of rotatable bonds is 37. The van der Waals surface area contributed by atoms with E-state index in [4.69, 9.17) is 18.5 Å². The Balaban J connectivity index is 4.63. The molecule has 10 heteroatoms. The van der Waals surface area contributed by atoms with Gasteiger partial charge in [-0.05, 0) is 19.3 Å². The number of esters is 2. The lowest BCUT2D eigenvalue weighted by Gasteiger charge is -2.24. The molecule has 0 fully saturated rings. The molecular formula is C44H79NO8P+. The number of hydrogen-bond acceptors (Lipinski definition) is 7. The Kier molecular flexibility index (Phi) is 34.8. The fraction of sp³-hybridized carbons (Fsp3) is 0.727. The number of likely N-dealkylation sites (N-methyl/N-ethyl adjacent to an activating group) is 1. The summed E-state index contributed by atoms with van der Waals surface area (Å²) in [6, 6.07) is 0. The minimum atomic E-state index is -4.41. The van der Waals surface area contributed by atoms with Crippen LogP contribution in [0, 0.1) is 0 Å². The Morgan fingerprint density at radius 2 is 1.07 bits per heavy atom. The van der Waals surface area contributed by atoms with Crippen LogP contribution in [-0.4, -0.2) is 74.9 Å². The third-order valence-corrected chi connectivity index (χ3v) is 9.74. The minimum Gasteiger partial charge on any atom is -0.462 e. The van der Waals surface area contributed by atoms with Crippen LogP contribution < -0.4 is 0 Å². The molecule has 2 atom stereocenters. The van der Waals surface area contributed by atoms with Crippen LogP contribution in [0.5, 0.6) is 0 Å². The monoisotopic (exact) mass is 781 g/mol. The maximum absolute atomic E-state index is 12.5. The van der Waals surface area contributed by atoms with Crippen molar-refractivity contribution in [2.24, 2.45) is 0 Å². The summed E-state index contributed by atoms with van der Waals surface area (Å²) in [5.74, 6) is -1.11. The third kappa shape index (κ3) is 39.4. The number of unbranched alkanes of at least 4 members (excludes halogenated alkanes) is 19. The van der Waals surface area contributed by atoms with Gasteiger partial charge < -0.3 is 18.9 Å². The van der Waals surface area contributed by atoms with Crippen LogP contribution in [0.4, 0.5) is 0 Å². The van der Waals surface area contributed by atoms with Gasteiger partial charge in [-0.25, -0.2) is 9.36 Å². The Labute approximate surface area is 330 Å². The average molecular weight is 781 g/mol. The lowest BCUT2D eigenvalue weighted by atomic mass is 10.0. The molecule has 312 valence electrons. The third-order valence-electron chi connectivity index (χ3n) is 8.76. The highest BCUT2D eigenvalue weighted by atomic mass is 31.2. The number of allylic oxidation sites excluding steroid dienone is 9. The van der Waals surface area contributed by atoms with E-state index in [1.165, 1.54) is 121 Å². The Bertz CT molecular complexity index is 1110. The van der Waals surface area contributed by atoms with E-state index in [1.54, 1.807) is 12.2 Å². The van der Waals surface area contributed by atoms with Crippen LogP contribution in [0.25, 0.3) is 0 Å². The molecule has 0 amide bonds. The van der Waals surface area contributed by atoms with Crippen LogP contribution in [0.3, 0.4) is 0 Å². The SMILES string of the molecule is CCCCCCCCC/C=C/C=C/C=C/C=C/C=C/C(=O)O[C@H](COC(=O)CCCCCCCCCCCCCCC)COP(=O)(O)OCC[N+](C)(C)C. The van der Waals surface area contributed by atoms with Gasteiger partial charge in [-0.2, -0.15) is 0 Å². The summed E-state index contributed by atoms with van der Waals surface area (Å²) in [6.07, 6.45) is 43.4. The molecule has 0 bridgehead atoms. The smallest absolute Gasteiger partial charge is 0.462 e. The average Bonchev–Trinajstić information content (AvgIpc) is 3.12. The van der Waals surface area contributed by atoms with Crippen LogP contribution in [0.2, 0.25) is 0 Å². The van der Waals surface area contributed by atoms with Gasteiger partial charge in [-0.15, -0.1) is 0 Å². The number of carbonyl (C=O) groups excluding carboxylic acids is 2. The van der Waals surface area contributed by atoms with Crippen LogP contribution >= 0.6 is 7.82 Å². The van der Waals surface area contributed by atoms with Crippen molar-refractivity contribution < 1.29 is 42.1 Å². The van der Waals surface area contributed by atoms with Crippen molar-refractivity contribution in [2.45, 2.75) is 161 Å². The number of nitrogens with zero attached hydrogens (tertiary/aromatic N) is 1. The molecular weight excluding hydrogens is 701 g/mol. The van der Waals surface area contributed by atoms with Crippen molar-refractivity contribution in [3.05, 3.63) is 60.8 Å². The lowest BCUT2D eigenvalue weighted by Crippen LogP contribution is -2.37. The predicted octanol–water partition coefficient (Wildman–Crippen LogP) is 11.7. The highest BCUT2D eigenvalue weighted by Crippen LogP contribution is 2.43. The Hall–Kier alpha value is -2.29. The second-order valence-electron chi connectivity index (χ2n) is 15.2. The maximum atomic E-state index is 12.5. The topological polar surface area (TPSA) is 108 Å². The predicted molar refractivity (Wildman–Crippen MR) is 224 cm³/mol. The lowest BCUT2D eigenvalue weighted by molar-refractivity contribution is -0.870. The molecule has 0 aromatic heterocycles. The van der Waals surface area contributed by atoms with E-state index in [2.05, 4.69) is 26.0 Å². The summed E-state index contributed by atoms with van der Waals surface area (Å²) < 4.78 is 34.0. The Morgan fingerprint density at radius 3 is 1.59 bits per heavy atom. The molecule has 0 radical (unpaired) electrons. The second-order valence-corrected chi connectivity index (χ2v) is 16.7. The van der Waals surface area contributed by atoms with Crippen LogP contribution in [0.1, 0.15) is 155 Å². The fourth-order valence-corrected chi connectivity index (χ4v) is 6.16. The van der Waals surface area contributed by atoms with Gasteiger partial charge in [0.05, 0.1) is 27.7 Å². The van der Waals surface area contributed by atoms with E-state index < -0.39 is 32.5 Å². The number of carbonyl (C=O) groups is 2. The standard InChI is InChI=1S/C44H78NO8P/c1-6-8-10-12-14-16-18-20-21-22-23-25-27-29-31-33-35-37-44(47)53-42(41-52-54(48,49)51-39-38-45(3,4)5)40-50-43(46)36-34-32-30-28-26-24-19-17-15-13-11-9-7-2/h21-23,25,27,29,31,33,35,37,42H,6-20,24,26,28,30,32,34,36,38-41H2,1-5H3/p+1/b22-21+,25-23+,29-27+,33-31+,37-35+/t42-/m1/s1. The van der Waals surface area contributed by atoms with E-state index in [1.807, 2.05) is 45.4 Å². The Morgan fingerprint density at radius 1 is 0.611 bits per heavy atom. The normalized spacial score (nSPS) is 14.3. The number of hydrogen-bond donors (Lipinski definition) is 1. The summed E-state index contributed by atoms with van der Waals surface area (Å²) in [5, 5.41) is 0. The zero-order valence-electron chi connectivity index (χ0n) is 34.9. The van der Waals surface area contributed by atoms with Crippen molar-refractivity contribution in [1.82, 2.24) is 0 Å². The molecule has 0 saturated heterocycles. The first kappa shape index (κ1) is 51.7. The molecule has 0 aliphatic rings. The molecule has 0 spiro atoms. The largest absolute Gasteiger partial charge is 0.472 e. The van der Waals surface area contributed by atoms with Crippen molar-refractivity contribution in [2.75, 3.05) is 47.5 Å². The number of ether oxygens (including phenoxy) is 2. The van der Waals surface area contributed by atoms with E-state index >= 15 is 0 Å². The van der Waals surface area contributed by atoms with Gasteiger partial charge in [0.25, 0.3) is 0 Å².